The van der Waals surface area contributed by atoms with Crippen molar-refractivity contribution >= 4 is 48.0 Å². The Kier molecular flexibility index (Phi) is 8.13. The Bertz CT molecular complexity index is 524. The third-order valence-corrected chi connectivity index (χ3v) is 5.27. The zero-order chi connectivity index (χ0) is 15.6. The van der Waals surface area contributed by atoms with Crippen LogP contribution < -0.4 is 10.2 Å². The molecule has 24 heavy (non-hydrogen) atoms. The SMILES string of the molecule is CCC1(C(=O)N2CCN(c3ccc(Cl)cc3)CC2)CCCN1.Cl.Cl. The fourth-order valence-corrected chi connectivity index (χ4v) is 3.69. The first-order valence-electron chi connectivity index (χ1n) is 8.19. The highest BCUT2D eigenvalue weighted by Gasteiger charge is 2.42. The number of halogens is 3. The molecule has 2 fully saturated rings. The standard InChI is InChI=1S/C17H24ClN3O.2ClH/c1-2-17(8-3-9-19-17)16(22)21-12-10-20(11-13-21)15-6-4-14(18)5-7-15;;/h4-7,19H,2-3,8-13H2,1H3;2*1H. The maximum absolute atomic E-state index is 12.9. The van der Waals surface area contributed by atoms with Crippen LogP contribution in [0.4, 0.5) is 5.69 Å². The van der Waals surface area contributed by atoms with Crippen molar-refractivity contribution in [3.05, 3.63) is 29.3 Å². The number of rotatable bonds is 3. The molecule has 3 rings (SSSR count). The van der Waals surface area contributed by atoms with E-state index < -0.39 is 0 Å². The monoisotopic (exact) mass is 393 g/mol. The Balaban J connectivity index is 0.00000144. The van der Waals surface area contributed by atoms with Crippen LogP contribution in [-0.2, 0) is 4.79 Å². The number of hydrogen-bond acceptors (Lipinski definition) is 3. The quantitative estimate of drug-likeness (QED) is 0.854. The minimum atomic E-state index is -0.303. The number of carbonyl (C=O) groups excluding carboxylic acids is 1. The van der Waals surface area contributed by atoms with Crippen molar-refractivity contribution in [3.8, 4) is 0 Å². The highest BCUT2D eigenvalue weighted by molar-refractivity contribution is 6.30. The van der Waals surface area contributed by atoms with Crippen LogP contribution in [0.25, 0.3) is 0 Å². The minimum Gasteiger partial charge on any atom is -0.368 e. The average molecular weight is 395 g/mol. The number of nitrogens with one attached hydrogen (secondary N) is 1. The Morgan fingerprint density at radius 3 is 2.29 bits per heavy atom. The second-order valence-electron chi connectivity index (χ2n) is 6.22. The largest absolute Gasteiger partial charge is 0.368 e. The molecule has 136 valence electrons. The van der Waals surface area contributed by atoms with Gasteiger partial charge in [0.25, 0.3) is 0 Å². The van der Waals surface area contributed by atoms with Gasteiger partial charge in [0.15, 0.2) is 0 Å². The molecule has 1 unspecified atom stereocenters. The van der Waals surface area contributed by atoms with Crippen LogP contribution in [-0.4, -0.2) is 49.1 Å². The molecule has 2 aliphatic heterocycles. The van der Waals surface area contributed by atoms with Gasteiger partial charge in [-0.15, -0.1) is 24.8 Å². The molecule has 2 heterocycles. The minimum absolute atomic E-state index is 0. The van der Waals surface area contributed by atoms with E-state index in [4.69, 9.17) is 11.6 Å². The summed E-state index contributed by atoms with van der Waals surface area (Å²) in [5.74, 6) is 0.295. The zero-order valence-corrected chi connectivity index (χ0v) is 16.4. The third kappa shape index (κ3) is 4.29. The second-order valence-corrected chi connectivity index (χ2v) is 6.66. The summed E-state index contributed by atoms with van der Waals surface area (Å²) >= 11 is 5.94. The normalized spacial score (nSPS) is 23.4. The van der Waals surface area contributed by atoms with Crippen molar-refractivity contribution in [2.75, 3.05) is 37.6 Å². The zero-order valence-electron chi connectivity index (χ0n) is 14.0. The third-order valence-electron chi connectivity index (χ3n) is 5.02. The van der Waals surface area contributed by atoms with Crippen LogP contribution in [0.15, 0.2) is 24.3 Å². The summed E-state index contributed by atoms with van der Waals surface area (Å²) in [6.45, 7) is 6.43. The average Bonchev–Trinajstić information content (AvgIpc) is 3.05. The smallest absolute Gasteiger partial charge is 0.242 e. The van der Waals surface area contributed by atoms with Gasteiger partial charge < -0.3 is 15.1 Å². The van der Waals surface area contributed by atoms with Gasteiger partial charge in [0.05, 0.1) is 5.54 Å². The Morgan fingerprint density at radius 1 is 1.17 bits per heavy atom. The van der Waals surface area contributed by atoms with E-state index in [9.17, 15) is 4.79 Å². The summed E-state index contributed by atoms with van der Waals surface area (Å²) in [6, 6.07) is 7.93. The number of amides is 1. The lowest BCUT2D eigenvalue weighted by Gasteiger charge is -2.40. The molecular formula is C17H26Cl3N3O. The van der Waals surface area contributed by atoms with Crippen molar-refractivity contribution in [2.24, 2.45) is 0 Å². The van der Waals surface area contributed by atoms with E-state index in [1.165, 1.54) is 5.69 Å². The topological polar surface area (TPSA) is 35.6 Å². The van der Waals surface area contributed by atoms with E-state index in [1.807, 2.05) is 29.2 Å². The summed E-state index contributed by atoms with van der Waals surface area (Å²) in [5, 5.41) is 4.21. The molecule has 1 aromatic carbocycles. The Hall–Kier alpha value is -0.680. The summed E-state index contributed by atoms with van der Waals surface area (Å²) in [5.41, 5.74) is 0.878. The van der Waals surface area contributed by atoms with Gasteiger partial charge in [-0.2, -0.15) is 0 Å². The summed E-state index contributed by atoms with van der Waals surface area (Å²) in [6.07, 6.45) is 2.95. The van der Waals surface area contributed by atoms with Crippen LogP contribution in [0.3, 0.4) is 0 Å². The highest BCUT2D eigenvalue weighted by Crippen LogP contribution is 2.27. The van der Waals surface area contributed by atoms with Gasteiger partial charge in [0.2, 0.25) is 5.91 Å². The number of benzene rings is 1. The lowest BCUT2D eigenvalue weighted by atomic mass is 9.92. The summed E-state index contributed by atoms with van der Waals surface area (Å²) in [7, 11) is 0. The van der Waals surface area contributed by atoms with Gasteiger partial charge in [0.1, 0.15) is 0 Å². The summed E-state index contributed by atoms with van der Waals surface area (Å²) in [4.78, 5) is 17.2. The molecule has 0 radical (unpaired) electrons. The van der Waals surface area contributed by atoms with Crippen molar-refractivity contribution in [1.82, 2.24) is 10.2 Å². The van der Waals surface area contributed by atoms with E-state index >= 15 is 0 Å². The number of piperazine rings is 1. The maximum atomic E-state index is 12.9. The van der Waals surface area contributed by atoms with Crippen LogP contribution in [0, 0.1) is 0 Å². The fourth-order valence-electron chi connectivity index (χ4n) is 3.56. The number of anilines is 1. The molecule has 1 amide bonds. The Labute approximate surface area is 161 Å². The molecule has 2 saturated heterocycles. The maximum Gasteiger partial charge on any atom is 0.242 e. The predicted octanol–water partition coefficient (Wildman–Crippen LogP) is 3.36. The highest BCUT2D eigenvalue weighted by atomic mass is 35.5. The number of nitrogens with zero attached hydrogens (tertiary/aromatic N) is 2. The van der Waals surface area contributed by atoms with Gasteiger partial charge in [-0.3, -0.25) is 4.79 Å². The second kappa shape index (κ2) is 9.14. The Morgan fingerprint density at radius 2 is 1.79 bits per heavy atom. The molecule has 1 N–H and O–H groups in total. The molecule has 1 aromatic rings. The van der Waals surface area contributed by atoms with E-state index in [-0.39, 0.29) is 30.4 Å². The van der Waals surface area contributed by atoms with Crippen molar-refractivity contribution < 1.29 is 4.79 Å². The van der Waals surface area contributed by atoms with Gasteiger partial charge in [-0.1, -0.05) is 18.5 Å². The van der Waals surface area contributed by atoms with Crippen LogP contribution in [0.2, 0.25) is 5.02 Å². The van der Waals surface area contributed by atoms with Crippen molar-refractivity contribution in [2.45, 2.75) is 31.7 Å². The molecule has 2 aliphatic rings. The van der Waals surface area contributed by atoms with Crippen LogP contribution in [0.1, 0.15) is 26.2 Å². The van der Waals surface area contributed by atoms with Crippen molar-refractivity contribution in [3.63, 3.8) is 0 Å². The molecule has 0 saturated carbocycles. The molecule has 0 aliphatic carbocycles. The molecule has 0 aromatic heterocycles. The van der Waals surface area contributed by atoms with E-state index in [2.05, 4.69) is 17.1 Å². The van der Waals surface area contributed by atoms with Gasteiger partial charge in [-0.25, -0.2) is 0 Å². The van der Waals surface area contributed by atoms with Gasteiger partial charge in [-0.05, 0) is 50.1 Å². The first-order chi connectivity index (χ1) is 10.6. The molecule has 0 bridgehead atoms. The fraction of sp³-hybridized carbons (Fsp3) is 0.588. The summed E-state index contributed by atoms with van der Waals surface area (Å²) < 4.78 is 0. The van der Waals surface area contributed by atoms with Crippen LogP contribution >= 0.6 is 36.4 Å². The predicted molar refractivity (Wildman–Crippen MR) is 105 cm³/mol. The van der Waals surface area contributed by atoms with E-state index in [0.29, 0.717) is 5.91 Å². The van der Waals surface area contributed by atoms with Gasteiger partial charge >= 0.3 is 0 Å². The number of carbonyl (C=O) groups is 1. The van der Waals surface area contributed by atoms with Crippen LogP contribution in [0.5, 0.6) is 0 Å². The van der Waals surface area contributed by atoms with E-state index in [0.717, 1.165) is 57.0 Å². The van der Waals surface area contributed by atoms with Gasteiger partial charge in [0, 0.05) is 36.9 Å². The molecule has 7 heteroatoms. The molecule has 1 atom stereocenters. The van der Waals surface area contributed by atoms with Crippen molar-refractivity contribution in [1.29, 1.82) is 0 Å². The molecular weight excluding hydrogens is 369 g/mol. The molecule has 4 nitrogen and oxygen atoms in total. The number of hydrogen-bond donors (Lipinski definition) is 1. The lowest BCUT2D eigenvalue weighted by molar-refractivity contribution is -0.138. The molecule has 0 spiro atoms. The lowest BCUT2D eigenvalue weighted by Crippen LogP contribution is -2.59. The first kappa shape index (κ1) is 21.4. The van der Waals surface area contributed by atoms with E-state index in [1.54, 1.807) is 0 Å². The first-order valence-corrected chi connectivity index (χ1v) is 8.57.